The lowest BCUT2D eigenvalue weighted by Gasteiger charge is -2.29. The van der Waals surface area contributed by atoms with Gasteiger partial charge in [-0.2, -0.15) is 0 Å². The highest BCUT2D eigenvalue weighted by Gasteiger charge is 2.38. The van der Waals surface area contributed by atoms with Gasteiger partial charge in [0.1, 0.15) is 5.75 Å². The molecule has 1 aromatic rings. The van der Waals surface area contributed by atoms with Crippen LogP contribution < -0.4 is 10.5 Å². The van der Waals surface area contributed by atoms with Gasteiger partial charge in [0, 0.05) is 11.8 Å². The van der Waals surface area contributed by atoms with Gasteiger partial charge in [0.25, 0.3) is 0 Å². The molecule has 0 radical (unpaired) electrons. The first-order valence-electron chi connectivity index (χ1n) is 7.18. The van der Waals surface area contributed by atoms with E-state index in [1.54, 1.807) is 24.3 Å². The number of hydrogen-bond acceptors (Lipinski definition) is 5. The zero-order valence-corrected chi connectivity index (χ0v) is 13.1. The van der Waals surface area contributed by atoms with Crippen LogP contribution in [0.3, 0.4) is 0 Å². The highest BCUT2D eigenvalue weighted by atomic mass is 32.2. The molecule has 2 rings (SSSR count). The lowest BCUT2D eigenvalue weighted by molar-refractivity contribution is 0.143. The Labute approximate surface area is 126 Å². The summed E-state index contributed by atoms with van der Waals surface area (Å²) < 4.78 is 28.4. The van der Waals surface area contributed by atoms with E-state index >= 15 is 0 Å². The average molecular weight is 313 g/mol. The lowest BCUT2D eigenvalue weighted by atomic mass is 9.87. The van der Waals surface area contributed by atoms with Crippen LogP contribution in [0.5, 0.6) is 5.75 Å². The maximum atomic E-state index is 11.4. The Hall–Kier alpha value is -1.11. The van der Waals surface area contributed by atoms with Gasteiger partial charge in [-0.05, 0) is 49.4 Å². The summed E-state index contributed by atoms with van der Waals surface area (Å²) >= 11 is 0. The number of sulfone groups is 1. The van der Waals surface area contributed by atoms with Gasteiger partial charge >= 0.3 is 0 Å². The Balaban J connectivity index is 1.87. The molecular formula is C15H23NO4S. The quantitative estimate of drug-likeness (QED) is 0.827. The molecule has 2 atom stereocenters. The molecule has 6 heteroatoms. The third-order valence-electron chi connectivity index (χ3n) is 4.29. The number of rotatable bonds is 6. The van der Waals surface area contributed by atoms with Crippen molar-refractivity contribution >= 4 is 9.84 Å². The molecule has 1 saturated carbocycles. The molecule has 0 spiro atoms. The molecule has 118 valence electrons. The normalized spacial score (nSPS) is 26.0. The van der Waals surface area contributed by atoms with Crippen molar-refractivity contribution in [2.45, 2.75) is 36.1 Å². The predicted molar refractivity (Wildman–Crippen MR) is 81.0 cm³/mol. The second-order valence-electron chi connectivity index (χ2n) is 5.86. The minimum atomic E-state index is -3.17. The largest absolute Gasteiger partial charge is 0.494 e. The molecule has 0 bridgehead atoms. The number of nitrogens with two attached hydrogens (primary N) is 1. The smallest absolute Gasteiger partial charge is 0.175 e. The van der Waals surface area contributed by atoms with Crippen LogP contribution in [-0.2, 0) is 9.84 Å². The Kier molecular flexibility index (Phi) is 4.91. The Morgan fingerprint density at radius 2 is 2.05 bits per heavy atom. The van der Waals surface area contributed by atoms with E-state index in [2.05, 4.69) is 0 Å². The van der Waals surface area contributed by atoms with Gasteiger partial charge in [-0.1, -0.05) is 6.42 Å². The first kappa shape index (κ1) is 16.3. The summed E-state index contributed by atoms with van der Waals surface area (Å²) in [5.41, 5.74) is 5.71. The molecule has 0 aromatic heterocycles. The fourth-order valence-corrected chi connectivity index (χ4v) is 3.54. The monoisotopic (exact) mass is 313 g/mol. The van der Waals surface area contributed by atoms with Gasteiger partial charge in [-0.25, -0.2) is 8.42 Å². The van der Waals surface area contributed by atoms with Crippen molar-refractivity contribution in [3.8, 4) is 5.75 Å². The van der Waals surface area contributed by atoms with E-state index in [1.165, 1.54) is 6.26 Å². The fourth-order valence-electron chi connectivity index (χ4n) is 2.91. The van der Waals surface area contributed by atoms with E-state index in [9.17, 15) is 13.5 Å². The highest BCUT2D eigenvalue weighted by Crippen LogP contribution is 2.35. The van der Waals surface area contributed by atoms with Crippen molar-refractivity contribution in [3.05, 3.63) is 24.3 Å². The zero-order valence-electron chi connectivity index (χ0n) is 12.3. The van der Waals surface area contributed by atoms with E-state index in [0.717, 1.165) is 25.7 Å². The number of benzene rings is 1. The minimum Gasteiger partial charge on any atom is -0.494 e. The molecule has 0 heterocycles. The zero-order chi connectivity index (χ0) is 15.5. The molecule has 1 aromatic carbocycles. The maximum Gasteiger partial charge on any atom is 0.175 e. The standard InChI is InChI=1S/C15H23NO4S/c1-21(18,19)14-6-4-13(5-7-14)20-10-8-12-3-2-9-15(12,16)11-17/h4-7,12,17H,2-3,8-11,16H2,1H3. The molecule has 3 N–H and O–H groups in total. The van der Waals surface area contributed by atoms with Gasteiger partial charge in [0.2, 0.25) is 0 Å². The van der Waals surface area contributed by atoms with Crippen molar-refractivity contribution in [1.29, 1.82) is 0 Å². The lowest BCUT2D eigenvalue weighted by Crippen LogP contribution is -2.47. The van der Waals surface area contributed by atoms with Crippen molar-refractivity contribution in [1.82, 2.24) is 0 Å². The summed E-state index contributed by atoms with van der Waals surface area (Å²) in [6.45, 7) is 0.530. The molecule has 2 unspecified atom stereocenters. The van der Waals surface area contributed by atoms with Crippen molar-refractivity contribution < 1.29 is 18.3 Å². The first-order valence-corrected chi connectivity index (χ1v) is 9.07. The summed E-state index contributed by atoms with van der Waals surface area (Å²) in [4.78, 5) is 0.284. The highest BCUT2D eigenvalue weighted by molar-refractivity contribution is 7.90. The van der Waals surface area contributed by atoms with Gasteiger partial charge in [0.15, 0.2) is 9.84 Å². The second-order valence-corrected chi connectivity index (χ2v) is 7.88. The van der Waals surface area contributed by atoms with E-state index in [-0.39, 0.29) is 17.4 Å². The molecule has 1 fully saturated rings. The summed E-state index contributed by atoms with van der Waals surface area (Å²) in [6.07, 6.45) is 4.90. The predicted octanol–water partition coefficient (Wildman–Crippen LogP) is 1.35. The van der Waals surface area contributed by atoms with Gasteiger partial charge in [-0.3, -0.25) is 0 Å². The minimum absolute atomic E-state index is 0.0146. The van der Waals surface area contributed by atoms with E-state index in [4.69, 9.17) is 10.5 Å². The van der Waals surface area contributed by atoms with Crippen molar-refractivity contribution in [2.75, 3.05) is 19.5 Å². The van der Waals surface area contributed by atoms with Crippen LogP contribution in [0, 0.1) is 5.92 Å². The van der Waals surface area contributed by atoms with Crippen LogP contribution >= 0.6 is 0 Å². The van der Waals surface area contributed by atoms with Crippen LogP contribution in [-0.4, -0.2) is 38.5 Å². The first-order chi connectivity index (χ1) is 9.85. The fraction of sp³-hybridized carbons (Fsp3) is 0.600. The van der Waals surface area contributed by atoms with E-state index < -0.39 is 15.4 Å². The Morgan fingerprint density at radius 1 is 1.38 bits per heavy atom. The molecule has 0 aliphatic heterocycles. The van der Waals surface area contributed by atoms with Gasteiger partial charge in [-0.15, -0.1) is 0 Å². The summed E-state index contributed by atoms with van der Waals surface area (Å²) in [6, 6.07) is 6.40. The van der Waals surface area contributed by atoms with E-state index in [1.807, 2.05) is 0 Å². The van der Waals surface area contributed by atoms with Crippen LogP contribution in [0.2, 0.25) is 0 Å². The average Bonchev–Trinajstić information content (AvgIpc) is 2.81. The second kappa shape index (κ2) is 6.34. The van der Waals surface area contributed by atoms with Gasteiger partial charge in [0.05, 0.1) is 18.1 Å². The molecular weight excluding hydrogens is 290 g/mol. The van der Waals surface area contributed by atoms with Crippen molar-refractivity contribution in [3.63, 3.8) is 0 Å². The Morgan fingerprint density at radius 3 is 2.62 bits per heavy atom. The van der Waals surface area contributed by atoms with E-state index in [0.29, 0.717) is 12.4 Å². The third-order valence-corrected chi connectivity index (χ3v) is 5.42. The molecule has 0 amide bonds. The topological polar surface area (TPSA) is 89.6 Å². The summed E-state index contributed by atoms with van der Waals surface area (Å²) in [5.74, 6) is 0.921. The number of aliphatic hydroxyl groups is 1. The van der Waals surface area contributed by atoms with Crippen molar-refractivity contribution in [2.24, 2.45) is 11.7 Å². The summed E-state index contributed by atoms with van der Waals surface area (Å²) in [7, 11) is -3.17. The molecule has 5 nitrogen and oxygen atoms in total. The van der Waals surface area contributed by atoms with Crippen LogP contribution in [0.15, 0.2) is 29.2 Å². The number of hydrogen-bond donors (Lipinski definition) is 2. The molecule has 1 aliphatic carbocycles. The molecule has 21 heavy (non-hydrogen) atoms. The third kappa shape index (κ3) is 3.96. The van der Waals surface area contributed by atoms with Gasteiger partial charge < -0.3 is 15.6 Å². The molecule has 1 aliphatic rings. The van der Waals surface area contributed by atoms with Crippen LogP contribution in [0.4, 0.5) is 0 Å². The van der Waals surface area contributed by atoms with Crippen LogP contribution in [0.25, 0.3) is 0 Å². The number of aliphatic hydroxyl groups excluding tert-OH is 1. The number of ether oxygens (including phenoxy) is 1. The summed E-state index contributed by atoms with van der Waals surface area (Å²) in [5, 5.41) is 9.40. The maximum absolute atomic E-state index is 11.4. The SMILES string of the molecule is CS(=O)(=O)c1ccc(OCCC2CCCC2(N)CO)cc1. The van der Waals surface area contributed by atoms with Crippen LogP contribution in [0.1, 0.15) is 25.7 Å². The molecule has 0 saturated heterocycles. The Bertz CT molecular complexity index is 570.